The average molecular weight is 341 g/mol. The number of hydrogen-bond acceptors (Lipinski definition) is 3. The molecule has 1 fully saturated rings. The predicted octanol–water partition coefficient (Wildman–Crippen LogP) is 2.04. The lowest BCUT2D eigenvalue weighted by atomic mass is 10.1. The zero-order valence-electron chi connectivity index (χ0n) is 13.7. The number of nitrogens with zero attached hydrogens (tertiary/aromatic N) is 2. The van der Waals surface area contributed by atoms with Crippen molar-refractivity contribution in [2.24, 2.45) is 5.92 Å². The van der Waals surface area contributed by atoms with Crippen LogP contribution in [0.1, 0.15) is 24.5 Å². The van der Waals surface area contributed by atoms with Crippen LogP contribution >= 0.6 is 12.4 Å². The third-order valence-corrected chi connectivity index (χ3v) is 4.26. The van der Waals surface area contributed by atoms with E-state index in [2.05, 4.69) is 31.2 Å². The molecule has 0 radical (unpaired) electrons. The van der Waals surface area contributed by atoms with Crippen LogP contribution in [0.2, 0.25) is 0 Å². The first kappa shape index (κ1) is 19.5. The quantitative estimate of drug-likeness (QED) is 0.860. The molecule has 1 aromatic carbocycles. The van der Waals surface area contributed by atoms with E-state index in [0.29, 0.717) is 32.6 Å². The van der Waals surface area contributed by atoms with Gasteiger partial charge >= 0.3 is 5.97 Å². The highest BCUT2D eigenvalue weighted by atomic mass is 35.5. The molecule has 1 amide bonds. The van der Waals surface area contributed by atoms with Gasteiger partial charge < -0.3 is 10.0 Å². The fourth-order valence-corrected chi connectivity index (χ4v) is 2.73. The van der Waals surface area contributed by atoms with Crippen molar-refractivity contribution in [3.8, 4) is 0 Å². The molecule has 1 aliphatic heterocycles. The molecule has 128 valence electrons. The smallest absolute Gasteiger partial charge is 0.307 e. The minimum absolute atomic E-state index is 0. The molecule has 0 aromatic heterocycles. The summed E-state index contributed by atoms with van der Waals surface area (Å²) in [6.45, 7) is 4.15. The molecule has 0 bridgehead atoms. The molecule has 23 heavy (non-hydrogen) atoms. The van der Waals surface area contributed by atoms with Gasteiger partial charge in [-0.15, -0.1) is 12.4 Å². The number of likely N-dealkylation sites (tertiary alicyclic amines) is 1. The van der Waals surface area contributed by atoms with E-state index in [1.165, 1.54) is 5.56 Å². The number of carbonyl (C=O) groups excluding carboxylic acids is 1. The van der Waals surface area contributed by atoms with E-state index in [0.717, 1.165) is 12.0 Å². The monoisotopic (exact) mass is 340 g/mol. The second-order valence-electron chi connectivity index (χ2n) is 5.98. The summed E-state index contributed by atoms with van der Waals surface area (Å²) in [7, 11) is 1.79. The first-order valence-corrected chi connectivity index (χ1v) is 7.76. The van der Waals surface area contributed by atoms with Gasteiger partial charge in [-0.05, 0) is 30.5 Å². The second kappa shape index (κ2) is 8.89. The lowest BCUT2D eigenvalue weighted by Gasteiger charge is -2.21. The zero-order valence-corrected chi connectivity index (χ0v) is 14.5. The van der Waals surface area contributed by atoms with Crippen LogP contribution in [0.3, 0.4) is 0 Å². The number of benzene rings is 1. The van der Waals surface area contributed by atoms with Crippen molar-refractivity contribution in [1.29, 1.82) is 0 Å². The Balaban J connectivity index is 0.00000264. The molecule has 1 unspecified atom stereocenters. The van der Waals surface area contributed by atoms with Crippen LogP contribution < -0.4 is 0 Å². The minimum Gasteiger partial charge on any atom is -0.481 e. The standard InChI is InChI=1S/C17H24N2O3.ClH/c1-3-13-4-6-14(7-5-13)10-18(2)16(20)12-19-9-8-15(11-19)17(21)22;/h4-7,15H,3,8-12H2,1-2H3,(H,21,22);1H. The lowest BCUT2D eigenvalue weighted by molar-refractivity contribution is -0.141. The number of aliphatic carboxylic acids is 1. The molecule has 1 saturated heterocycles. The van der Waals surface area contributed by atoms with Crippen LogP contribution in [0, 0.1) is 5.92 Å². The Kier molecular flexibility index (Phi) is 7.52. The van der Waals surface area contributed by atoms with Gasteiger partial charge in [-0.25, -0.2) is 0 Å². The Morgan fingerprint density at radius 3 is 2.39 bits per heavy atom. The summed E-state index contributed by atoms with van der Waals surface area (Å²) in [6, 6.07) is 8.29. The molecule has 0 aliphatic carbocycles. The Labute approximate surface area is 143 Å². The molecule has 1 heterocycles. The number of rotatable bonds is 6. The molecular formula is C17H25ClN2O3. The van der Waals surface area contributed by atoms with E-state index < -0.39 is 5.97 Å². The Morgan fingerprint density at radius 2 is 1.87 bits per heavy atom. The van der Waals surface area contributed by atoms with Crippen LogP contribution in [0.5, 0.6) is 0 Å². The van der Waals surface area contributed by atoms with E-state index in [-0.39, 0.29) is 24.2 Å². The number of amides is 1. The zero-order chi connectivity index (χ0) is 16.1. The molecule has 1 atom stereocenters. The van der Waals surface area contributed by atoms with Crippen LogP contribution in [-0.2, 0) is 22.6 Å². The molecule has 5 nitrogen and oxygen atoms in total. The third-order valence-electron chi connectivity index (χ3n) is 4.26. The Bertz CT molecular complexity index is 533. The van der Waals surface area contributed by atoms with Gasteiger partial charge in [0.05, 0.1) is 12.5 Å². The number of carboxylic acid groups (broad SMARTS) is 1. The number of likely N-dealkylation sites (N-methyl/N-ethyl adjacent to an activating group) is 1. The predicted molar refractivity (Wildman–Crippen MR) is 91.7 cm³/mol. The summed E-state index contributed by atoms with van der Waals surface area (Å²) in [5, 5.41) is 8.99. The average Bonchev–Trinajstić information content (AvgIpc) is 2.96. The van der Waals surface area contributed by atoms with Crippen molar-refractivity contribution in [1.82, 2.24) is 9.80 Å². The fourth-order valence-electron chi connectivity index (χ4n) is 2.73. The molecular weight excluding hydrogens is 316 g/mol. The van der Waals surface area contributed by atoms with Gasteiger partial charge in [-0.1, -0.05) is 31.2 Å². The molecule has 6 heteroatoms. The van der Waals surface area contributed by atoms with Gasteiger partial charge in [0.2, 0.25) is 5.91 Å². The minimum atomic E-state index is -0.765. The first-order chi connectivity index (χ1) is 10.5. The third kappa shape index (κ3) is 5.52. The molecule has 0 saturated carbocycles. The molecule has 0 spiro atoms. The fraction of sp³-hybridized carbons (Fsp3) is 0.529. The van der Waals surface area contributed by atoms with Gasteiger partial charge in [0.1, 0.15) is 0 Å². The van der Waals surface area contributed by atoms with Crippen molar-refractivity contribution in [3.05, 3.63) is 35.4 Å². The summed E-state index contributed by atoms with van der Waals surface area (Å²) >= 11 is 0. The highest BCUT2D eigenvalue weighted by molar-refractivity contribution is 5.85. The molecule has 1 aromatic rings. The lowest BCUT2D eigenvalue weighted by Crippen LogP contribution is -2.37. The van der Waals surface area contributed by atoms with Crippen LogP contribution in [0.4, 0.5) is 0 Å². The normalized spacial score (nSPS) is 17.6. The topological polar surface area (TPSA) is 60.9 Å². The summed E-state index contributed by atoms with van der Waals surface area (Å²) in [6.07, 6.45) is 1.64. The van der Waals surface area contributed by atoms with Gasteiger partial charge in [0.25, 0.3) is 0 Å². The van der Waals surface area contributed by atoms with Crippen LogP contribution in [0.15, 0.2) is 24.3 Å². The van der Waals surface area contributed by atoms with E-state index >= 15 is 0 Å². The van der Waals surface area contributed by atoms with Gasteiger partial charge in [0, 0.05) is 20.1 Å². The number of aryl methyl sites for hydroxylation is 1. The SMILES string of the molecule is CCc1ccc(CN(C)C(=O)CN2CCC(C(=O)O)C2)cc1.Cl. The first-order valence-electron chi connectivity index (χ1n) is 7.76. The van der Waals surface area contributed by atoms with Crippen molar-refractivity contribution in [3.63, 3.8) is 0 Å². The number of carbonyl (C=O) groups is 2. The van der Waals surface area contributed by atoms with E-state index in [1.807, 2.05) is 4.90 Å². The van der Waals surface area contributed by atoms with E-state index in [4.69, 9.17) is 5.11 Å². The van der Waals surface area contributed by atoms with Crippen molar-refractivity contribution in [2.75, 3.05) is 26.7 Å². The summed E-state index contributed by atoms with van der Waals surface area (Å²) < 4.78 is 0. The summed E-state index contributed by atoms with van der Waals surface area (Å²) in [5.41, 5.74) is 2.40. The van der Waals surface area contributed by atoms with Crippen LogP contribution in [-0.4, -0.2) is 53.5 Å². The maximum Gasteiger partial charge on any atom is 0.307 e. The second-order valence-corrected chi connectivity index (χ2v) is 5.98. The Morgan fingerprint density at radius 1 is 1.26 bits per heavy atom. The largest absolute Gasteiger partial charge is 0.481 e. The van der Waals surface area contributed by atoms with Crippen molar-refractivity contribution in [2.45, 2.75) is 26.3 Å². The number of hydrogen-bond donors (Lipinski definition) is 1. The maximum atomic E-state index is 12.2. The Hall–Kier alpha value is -1.59. The van der Waals surface area contributed by atoms with Gasteiger partial charge in [-0.2, -0.15) is 0 Å². The van der Waals surface area contributed by atoms with E-state index in [1.54, 1.807) is 11.9 Å². The maximum absolute atomic E-state index is 12.2. The van der Waals surface area contributed by atoms with E-state index in [9.17, 15) is 9.59 Å². The van der Waals surface area contributed by atoms with Crippen molar-refractivity contribution >= 4 is 24.3 Å². The van der Waals surface area contributed by atoms with Crippen LogP contribution in [0.25, 0.3) is 0 Å². The number of halogens is 1. The molecule has 2 rings (SSSR count). The molecule has 1 N–H and O–H groups in total. The molecule has 1 aliphatic rings. The van der Waals surface area contributed by atoms with Gasteiger partial charge in [-0.3, -0.25) is 14.5 Å². The highest BCUT2D eigenvalue weighted by Gasteiger charge is 2.29. The number of carboxylic acids is 1. The van der Waals surface area contributed by atoms with Gasteiger partial charge in [0.15, 0.2) is 0 Å². The van der Waals surface area contributed by atoms with Crippen molar-refractivity contribution < 1.29 is 14.7 Å². The highest BCUT2D eigenvalue weighted by Crippen LogP contribution is 2.16. The summed E-state index contributed by atoms with van der Waals surface area (Å²) in [4.78, 5) is 26.8. The summed E-state index contributed by atoms with van der Waals surface area (Å²) in [5.74, 6) is -1.07.